The van der Waals surface area contributed by atoms with Crippen LogP contribution in [-0.2, 0) is 28.5 Å². The standard InChI is InChI=1S/C25H22F2O8/c1-25(2)33-13-20(35-25)21-22(31-11-18(28)14-3-7-16(26)8-4-14)23(24(30)34-21)32-12-19(29)15-5-9-17(27)10-6-15/h3-10,20-21H,11-13H2,1-2H3/t20-,21-/m1/s1. The summed E-state index contributed by atoms with van der Waals surface area (Å²) in [6.45, 7) is 2.38. The van der Waals surface area contributed by atoms with Gasteiger partial charge in [0.2, 0.25) is 5.76 Å². The van der Waals surface area contributed by atoms with Gasteiger partial charge in [0.15, 0.2) is 42.4 Å². The van der Waals surface area contributed by atoms with Crippen molar-refractivity contribution >= 4 is 17.5 Å². The van der Waals surface area contributed by atoms with Crippen molar-refractivity contribution in [3.63, 3.8) is 0 Å². The minimum absolute atomic E-state index is 0.0749. The lowest BCUT2D eigenvalue weighted by atomic mass is 10.1. The molecular formula is C25H22F2O8. The predicted octanol–water partition coefficient (Wildman–Crippen LogP) is 3.35. The van der Waals surface area contributed by atoms with Crippen molar-refractivity contribution in [3.05, 3.63) is 82.8 Å². The lowest BCUT2D eigenvalue weighted by Gasteiger charge is -2.21. The topological polar surface area (TPSA) is 97.4 Å². The number of esters is 1. The first kappa shape index (κ1) is 24.5. The number of hydrogen-bond acceptors (Lipinski definition) is 8. The van der Waals surface area contributed by atoms with Crippen molar-refractivity contribution in [2.24, 2.45) is 0 Å². The van der Waals surface area contributed by atoms with Crippen LogP contribution in [0.3, 0.4) is 0 Å². The van der Waals surface area contributed by atoms with Crippen molar-refractivity contribution in [2.75, 3.05) is 19.8 Å². The molecule has 0 spiro atoms. The molecule has 2 aromatic carbocycles. The molecule has 10 heteroatoms. The largest absolute Gasteiger partial charge is 0.482 e. The minimum Gasteiger partial charge on any atom is -0.482 e. The van der Waals surface area contributed by atoms with Crippen LogP contribution < -0.4 is 0 Å². The lowest BCUT2D eigenvalue weighted by molar-refractivity contribution is -0.163. The second-order valence-corrected chi connectivity index (χ2v) is 8.32. The Bertz CT molecular complexity index is 1150. The van der Waals surface area contributed by atoms with E-state index < -0.39 is 60.4 Å². The molecule has 1 fully saturated rings. The molecule has 0 bridgehead atoms. The molecule has 2 aliphatic heterocycles. The van der Waals surface area contributed by atoms with E-state index in [-0.39, 0.29) is 29.3 Å². The van der Waals surface area contributed by atoms with Gasteiger partial charge >= 0.3 is 5.97 Å². The summed E-state index contributed by atoms with van der Waals surface area (Å²) in [5.41, 5.74) is 0.377. The number of benzene rings is 2. The average Bonchev–Trinajstić information content (AvgIpc) is 3.34. The molecule has 184 valence electrons. The number of Topliss-reactive ketones (excluding diaryl/α,β-unsaturated/α-hetero) is 2. The number of carbonyl (C=O) groups excluding carboxylic acids is 3. The Morgan fingerprint density at radius 1 is 0.914 bits per heavy atom. The monoisotopic (exact) mass is 488 g/mol. The van der Waals surface area contributed by atoms with Gasteiger partial charge in [-0.05, 0) is 62.4 Å². The molecule has 0 N–H and O–H groups in total. The van der Waals surface area contributed by atoms with E-state index in [1.165, 1.54) is 24.3 Å². The van der Waals surface area contributed by atoms with Crippen molar-refractivity contribution in [3.8, 4) is 0 Å². The first-order chi connectivity index (χ1) is 16.6. The van der Waals surface area contributed by atoms with E-state index in [0.29, 0.717) is 0 Å². The van der Waals surface area contributed by atoms with E-state index in [0.717, 1.165) is 24.3 Å². The minimum atomic E-state index is -1.08. The van der Waals surface area contributed by atoms with Crippen LogP contribution >= 0.6 is 0 Å². The molecule has 0 radical (unpaired) electrons. The zero-order valence-corrected chi connectivity index (χ0v) is 18.9. The molecule has 2 atom stereocenters. The van der Waals surface area contributed by atoms with Gasteiger partial charge in [0.25, 0.3) is 0 Å². The van der Waals surface area contributed by atoms with Crippen molar-refractivity contribution in [1.82, 2.24) is 0 Å². The average molecular weight is 488 g/mol. The Balaban J connectivity index is 1.53. The van der Waals surface area contributed by atoms with Crippen LogP contribution in [0.15, 0.2) is 60.0 Å². The normalized spacial score (nSPS) is 21.1. The molecule has 0 unspecified atom stereocenters. The molecule has 2 aliphatic rings. The summed E-state index contributed by atoms with van der Waals surface area (Å²) in [6.07, 6.45) is -1.83. The van der Waals surface area contributed by atoms with E-state index in [1.54, 1.807) is 13.8 Å². The number of halogens is 2. The Morgan fingerprint density at radius 3 is 1.91 bits per heavy atom. The summed E-state index contributed by atoms with van der Waals surface area (Å²) in [5.74, 6) is -4.35. The highest BCUT2D eigenvalue weighted by Crippen LogP contribution is 2.34. The molecule has 0 saturated carbocycles. The van der Waals surface area contributed by atoms with E-state index in [4.69, 9.17) is 23.7 Å². The van der Waals surface area contributed by atoms with Gasteiger partial charge in [-0.2, -0.15) is 0 Å². The SMILES string of the molecule is CC1(C)OC[C@H]([C@H]2OC(=O)C(OCC(=O)c3ccc(F)cc3)=C2OCC(=O)c2ccc(F)cc2)O1. The van der Waals surface area contributed by atoms with E-state index in [1.807, 2.05) is 0 Å². The number of ether oxygens (including phenoxy) is 5. The van der Waals surface area contributed by atoms with Crippen LogP contribution in [0.5, 0.6) is 0 Å². The molecule has 2 aromatic rings. The first-order valence-corrected chi connectivity index (χ1v) is 10.7. The molecular weight excluding hydrogens is 466 g/mol. The van der Waals surface area contributed by atoms with Gasteiger partial charge in [-0.3, -0.25) is 9.59 Å². The zero-order valence-electron chi connectivity index (χ0n) is 18.9. The lowest BCUT2D eigenvalue weighted by Crippen LogP contribution is -2.33. The second-order valence-electron chi connectivity index (χ2n) is 8.32. The number of rotatable bonds is 9. The van der Waals surface area contributed by atoms with Gasteiger partial charge in [-0.1, -0.05) is 0 Å². The predicted molar refractivity (Wildman–Crippen MR) is 115 cm³/mol. The van der Waals surface area contributed by atoms with Gasteiger partial charge in [0.05, 0.1) is 6.61 Å². The van der Waals surface area contributed by atoms with E-state index >= 15 is 0 Å². The van der Waals surface area contributed by atoms with Crippen molar-refractivity contribution in [2.45, 2.75) is 31.8 Å². The zero-order chi connectivity index (χ0) is 25.2. The van der Waals surface area contributed by atoms with Gasteiger partial charge < -0.3 is 23.7 Å². The van der Waals surface area contributed by atoms with Crippen LogP contribution in [0.2, 0.25) is 0 Å². The highest BCUT2D eigenvalue weighted by atomic mass is 19.1. The maximum absolute atomic E-state index is 13.2. The smallest absolute Gasteiger partial charge is 0.378 e. The Labute approximate surface area is 199 Å². The number of ketones is 2. The molecule has 0 amide bonds. The van der Waals surface area contributed by atoms with Crippen LogP contribution in [0.4, 0.5) is 8.78 Å². The summed E-state index contributed by atoms with van der Waals surface area (Å²) >= 11 is 0. The molecule has 35 heavy (non-hydrogen) atoms. The first-order valence-electron chi connectivity index (χ1n) is 10.7. The summed E-state index contributed by atoms with van der Waals surface area (Å²) in [6, 6.07) is 9.71. The van der Waals surface area contributed by atoms with Gasteiger partial charge in [0.1, 0.15) is 17.7 Å². The summed E-state index contributed by atoms with van der Waals surface area (Å²) < 4.78 is 54.1. The molecule has 4 rings (SSSR count). The van der Waals surface area contributed by atoms with Crippen LogP contribution in [0, 0.1) is 11.6 Å². The number of hydrogen-bond donors (Lipinski definition) is 0. The highest BCUT2D eigenvalue weighted by Gasteiger charge is 2.48. The summed E-state index contributed by atoms with van der Waals surface area (Å²) in [5, 5.41) is 0. The fourth-order valence-electron chi connectivity index (χ4n) is 3.56. The maximum atomic E-state index is 13.2. The highest BCUT2D eigenvalue weighted by molar-refractivity contribution is 5.98. The van der Waals surface area contributed by atoms with E-state index in [9.17, 15) is 23.2 Å². The Kier molecular flexibility index (Phi) is 6.95. The summed E-state index contributed by atoms with van der Waals surface area (Å²) in [4.78, 5) is 37.6. The third kappa shape index (κ3) is 5.72. The quantitative estimate of drug-likeness (QED) is 0.392. The van der Waals surface area contributed by atoms with Gasteiger partial charge in [-0.15, -0.1) is 0 Å². The molecule has 1 saturated heterocycles. The van der Waals surface area contributed by atoms with Crippen molar-refractivity contribution < 1.29 is 46.8 Å². The summed E-state index contributed by atoms with van der Waals surface area (Å²) in [7, 11) is 0. The Hall–Kier alpha value is -3.63. The van der Waals surface area contributed by atoms with E-state index in [2.05, 4.69) is 0 Å². The number of cyclic esters (lactones) is 1. The molecule has 0 aliphatic carbocycles. The van der Waals surface area contributed by atoms with Crippen molar-refractivity contribution in [1.29, 1.82) is 0 Å². The van der Waals surface area contributed by atoms with Gasteiger partial charge in [0, 0.05) is 11.1 Å². The Morgan fingerprint density at radius 2 is 1.43 bits per heavy atom. The second kappa shape index (κ2) is 9.93. The van der Waals surface area contributed by atoms with Crippen LogP contribution in [0.1, 0.15) is 34.6 Å². The fraction of sp³-hybridized carbons (Fsp3) is 0.320. The van der Waals surface area contributed by atoms with Gasteiger partial charge in [-0.25, -0.2) is 13.6 Å². The maximum Gasteiger partial charge on any atom is 0.378 e. The van der Waals surface area contributed by atoms with Crippen LogP contribution in [-0.4, -0.2) is 55.4 Å². The molecule has 8 nitrogen and oxygen atoms in total. The van der Waals surface area contributed by atoms with Crippen LogP contribution in [0.25, 0.3) is 0 Å². The third-order valence-corrected chi connectivity index (χ3v) is 5.31. The third-order valence-electron chi connectivity index (χ3n) is 5.31. The molecule has 0 aromatic heterocycles. The molecule has 2 heterocycles. The fourth-order valence-corrected chi connectivity index (χ4v) is 3.56. The number of carbonyl (C=O) groups is 3.